The summed E-state index contributed by atoms with van der Waals surface area (Å²) in [5, 5.41) is 15.9. The van der Waals surface area contributed by atoms with Crippen LogP contribution in [0.3, 0.4) is 0 Å². The van der Waals surface area contributed by atoms with Gasteiger partial charge in [0.2, 0.25) is 0 Å². The van der Waals surface area contributed by atoms with Crippen molar-refractivity contribution in [2.75, 3.05) is 25.5 Å². The van der Waals surface area contributed by atoms with Crippen molar-refractivity contribution >= 4 is 39.7 Å². The molecule has 39 heavy (non-hydrogen) atoms. The van der Waals surface area contributed by atoms with E-state index < -0.39 is 4.92 Å². The summed E-state index contributed by atoms with van der Waals surface area (Å²) in [5.41, 5.74) is 2.08. The second kappa shape index (κ2) is 10.1. The Morgan fingerprint density at radius 2 is 2.00 bits per heavy atom. The molecular formula is C29H23ClFN5O3. The molecule has 0 bridgehead atoms. The van der Waals surface area contributed by atoms with Gasteiger partial charge in [-0.3, -0.25) is 10.1 Å². The topological polar surface area (TPSA) is 93.4 Å². The van der Waals surface area contributed by atoms with Crippen molar-refractivity contribution < 1.29 is 14.1 Å². The minimum absolute atomic E-state index is 0.0880. The molecule has 1 aliphatic carbocycles. The number of piperidine rings is 1. The van der Waals surface area contributed by atoms with E-state index in [4.69, 9.17) is 16.3 Å². The summed E-state index contributed by atoms with van der Waals surface area (Å²) in [4.78, 5) is 22.4. The van der Waals surface area contributed by atoms with E-state index >= 15 is 0 Å². The lowest BCUT2D eigenvalue weighted by Crippen LogP contribution is -2.18. The Bertz CT molecular complexity index is 1660. The third-order valence-electron chi connectivity index (χ3n) is 7.18. The van der Waals surface area contributed by atoms with E-state index in [1.165, 1.54) is 24.5 Å². The number of hydrogen-bond donors (Lipinski definition) is 1. The summed E-state index contributed by atoms with van der Waals surface area (Å²) in [6.07, 6.45) is 1.40. The van der Waals surface area contributed by atoms with Crippen LogP contribution < -0.4 is 10.1 Å². The van der Waals surface area contributed by atoms with Gasteiger partial charge in [-0.05, 0) is 60.8 Å². The maximum Gasteiger partial charge on any atom is 0.285 e. The maximum atomic E-state index is 13.4. The van der Waals surface area contributed by atoms with Crippen LogP contribution in [-0.4, -0.2) is 39.9 Å². The Balaban J connectivity index is 1.23. The van der Waals surface area contributed by atoms with Gasteiger partial charge in [-0.1, -0.05) is 35.6 Å². The van der Waals surface area contributed by atoms with E-state index in [1.54, 1.807) is 36.4 Å². The van der Waals surface area contributed by atoms with Crippen molar-refractivity contribution in [1.82, 2.24) is 14.9 Å². The number of nitro benzene ring substituents is 1. The first-order valence-electron chi connectivity index (χ1n) is 12.4. The fourth-order valence-corrected chi connectivity index (χ4v) is 5.41. The van der Waals surface area contributed by atoms with E-state index in [-0.39, 0.29) is 18.1 Å². The zero-order chi connectivity index (χ0) is 27.1. The second-order valence-electron chi connectivity index (χ2n) is 9.90. The molecule has 196 valence electrons. The number of likely N-dealkylation sites (tertiary alicyclic amines) is 1. The Morgan fingerprint density at radius 1 is 1.18 bits per heavy atom. The molecule has 10 heteroatoms. The molecule has 4 aromatic rings. The molecule has 1 N–H and O–H groups in total. The molecule has 0 unspecified atom stereocenters. The average molecular weight is 544 g/mol. The van der Waals surface area contributed by atoms with Crippen LogP contribution >= 0.6 is 11.6 Å². The number of rotatable bonds is 6. The first kappa shape index (κ1) is 25.0. The molecule has 1 saturated heterocycles. The molecular weight excluding hydrogens is 521 g/mol. The standard InChI is InChI=1S/C29H23ClFN5O3/c1-35-13-23-21(24(23)14-35)7-5-18-10-26-22(12-27(18)36(37)38)29(33-16-32-26)34-20-6-8-28(25(30)11-20)39-15-17-3-2-4-19(31)9-17/h2-4,6,8-12,16,21,23-24H,13-15H2,1H3,(H,32,33,34)/t21-,23-,24+. The quantitative estimate of drug-likeness (QED) is 0.186. The lowest BCUT2D eigenvalue weighted by molar-refractivity contribution is -0.385. The van der Waals surface area contributed by atoms with Crippen molar-refractivity contribution in [2.45, 2.75) is 6.61 Å². The normalized spacial score (nSPS) is 19.7. The van der Waals surface area contributed by atoms with Crippen LogP contribution in [0.1, 0.15) is 11.1 Å². The van der Waals surface area contributed by atoms with Gasteiger partial charge in [-0.2, -0.15) is 0 Å². The van der Waals surface area contributed by atoms with Crippen LogP contribution in [0.5, 0.6) is 5.75 Å². The van der Waals surface area contributed by atoms with Gasteiger partial charge in [0.15, 0.2) is 0 Å². The summed E-state index contributed by atoms with van der Waals surface area (Å²) in [6, 6.07) is 14.4. The number of hydrogen-bond acceptors (Lipinski definition) is 7. The van der Waals surface area contributed by atoms with Crippen LogP contribution in [0, 0.1) is 45.5 Å². The number of benzene rings is 3. The monoisotopic (exact) mass is 543 g/mol. The van der Waals surface area contributed by atoms with Crippen LogP contribution in [0.2, 0.25) is 5.02 Å². The van der Waals surface area contributed by atoms with Gasteiger partial charge in [0, 0.05) is 36.1 Å². The molecule has 2 heterocycles. The number of anilines is 2. The molecule has 2 fully saturated rings. The highest BCUT2D eigenvalue weighted by atomic mass is 35.5. The molecule has 1 saturated carbocycles. The minimum atomic E-state index is -0.427. The zero-order valence-corrected chi connectivity index (χ0v) is 21.7. The number of nitro groups is 1. The molecule has 3 aromatic carbocycles. The highest BCUT2D eigenvalue weighted by Gasteiger charge is 2.54. The van der Waals surface area contributed by atoms with E-state index in [0.29, 0.717) is 62.1 Å². The van der Waals surface area contributed by atoms with E-state index in [9.17, 15) is 14.5 Å². The number of halogens is 2. The highest BCUT2D eigenvalue weighted by molar-refractivity contribution is 6.32. The van der Waals surface area contributed by atoms with Gasteiger partial charge in [0.05, 0.1) is 15.5 Å². The molecule has 3 atom stereocenters. The van der Waals surface area contributed by atoms with Gasteiger partial charge in [-0.25, -0.2) is 14.4 Å². The molecule has 0 spiro atoms. The first-order valence-corrected chi connectivity index (χ1v) is 12.8. The van der Waals surface area contributed by atoms with E-state index in [0.717, 1.165) is 13.1 Å². The lowest BCUT2D eigenvalue weighted by atomic mass is 10.1. The minimum Gasteiger partial charge on any atom is -0.487 e. The maximum absolute atomic E-state index is 13.4. The largest absolute Gasteiger partial charge is 0.487 e. The predicted octanol–water partition coefficient (Wildman–Crippen LogP) is 5.81. The molecule has 1 aromatic heterocycles. The van der Waals surface area contributed by atoms with Gasteiger partial charge in [0.1, 0.15) is 35.9 Å². The van der Waals surface area contributed by atoms with Crippen LogP contribution in [0.25, 0.3) is 10.9 Å². The summed E-state index contributed by atoms with van der Waals surface area (Å²) >= 11 is 6.43. The number of nitrogens with one attached hydrogen (secondary N) is 1. The number of ether oxygens (including phenoxy) is 1. The van der Waals surface area contributed by atoms with Crippen molar-refractivity contribution in [3.05, 3.63) is 93.0 Å². The van der Waals surface area contributed by atoms with Crippen molar-refractivity contribution in [3.8, 4) is 17.6 Å². The summed E-state index contributed by atoms with van der Waals surface area (Å²) in [6.45, 7) is 2.21. The lowest BCUT2D eigenvalue weighted by Gasteiger charge is -2.12. The van der Waals surface area contributed by atoms with Gasteiger partial charge < -0.3 is 15.0 Å². The molecule has 1 aliphatic heterocycles. The molecule has 6 rings (SSSR count). The highest BCUT2D eigenvalue weighted by Crippen LogP contribution is 2.50. The van der Waals surface area contributed by atoms with Crippen LogP contribution in [0.15, 0.2) is 60.9 Å². The number of nitrogens with zero attached hydrogens (tertiary/aromatic N) is 4. The van der Waals surface area contributed by atoms with Gasteiger partial charge >= 0.3 is 0 Å². The van der Waals surface area contributed by atoms with Gasteiger partial charge in [0.25, 0.3) is 5.69 Å². The zero-order valence-electron chi connectivity index (χ0n) is 20.9. The van der Waals surface area contributed by atoms with Crippen molar-refractivity contribution in [1.29, 1.82) is 0 Å². The predicted molar refractivity (Wildman–Crippen MR) is 147 cm³/mol. The molecule has 8 nitrogen and oxygen atoms in total. The SMILES string of the molecule is CN1C[C@@H]2[C@@H](C#Cc3cc4ncnc(Nc5ccc(OCc6cccc(F)c6)c(Cl)c5)c4cc3[N+](=O)[O-])[C@@H]2C1. The Morgan fingerprint density at radius 3 is 2.74 bits per heavy atom. The van der Waals surface area contributed by atoms with Crippen LogP contribution in [-0.2, 0) is 6.61 Å². The fourth-order valence-electron chi connectivity index (χ4n) is 5.18. The second-order valence-corrected chi connectivity index (χ2v) is 10.3. The average Bonchev–Trinajstić information content (AvgIpc) is 3.37. The summed E-state index contributed by atoms with van der Waals surface area (Å²) in [7, 11) is 2.10. The van der Waals surface area contributed by atoms with Crippen molar-refractivity contribution in [3.63, 3.8) is 0 Å². The molecule has 2 aliphatic rings. The molecule has 0 amide bonds. The summed E-state index contributed by atoms with van der Waals surface area (Å²) < 4.78 is 19.2. The third kappa shape index (κ3) is 5.21. The first-order chi connectivity index (χ1) is 18.9. The van der Waals surface area contributed by atoms with Crippen LogP contribution in [0.4, 0.5) is 21.6 Å². The number of aromatic nitrogens is 2. The van der Waals surface area contributed by atoms with E-state index in [2.05, 4.69) is 39.1 Å². The Kier molecular flexibility index (Phi) is 6.51. The third-order valence-corrected chi connectivity index (χ3v) is 7.47. The Labute approximate surface area is 228 Å². The van der Waals surface area contributed by atoms with Gasteiger partial charge in [-0.15, -0.1) is 0 Å². The fraction of sp³-hybridized carbons (Fsp3) is 0.241. The number of fused-ring (bicyclic) bond motifs is 2. The summed E-state index contributed by atoms with van der Waals surface area (Å²) in [5.74, 6) is 8.23. The Hall–Kier alpha value is -4.26. The smallest absolute Gasteiger partial charge is 0.285 e. The van der Waals surface area contributed by atoms with E-state index in [1.807, 2.05) is 0 Å². The molecule has 0 radical (unpaired) electrons. The van der Waals surface area contributed by atoms with Crippen molar-refractivity contribution in [2.24, 2.45) is 17.8 Å².